The minimum absolute atomic E-state index is 0.0739. The number of methoxy groups -OCH3 is 3. The first-order chi connectivity index (χ1) is 16.0. The van der Waals surface area contributed by atoms with Gasteiger partial charge < -0.3 is 19.5 Å². The van der Waals surface area contributed by atoms with Crippen LogP contribution in [0.15, 0.2) is 36.4 Å². The van der Waals surface area contributed by atoms with Crippen LogP contribution >= 0.6 is 0 Å². The van der Waals surface area contributed by atoms with Gasteiger partial charge in [-0.2, -0.15) is 0 Å². The first kappa shape index (κ1) is 26.7. The van der Waals surface area contributed by atoms with Crippen LogP contribution < -0.4 is 23.8 Å². The average Bonchev–Trinajstić information content (AvgIpc) is 2.80. The van der Waals surface area contributed by atoms with E-state index in [9.17, 15) is 23.3 Å². The van der Waals surface area contributed by atoms with Gasteiger partial charge in [-0.15, -0.1) is 0 Å². The molecule has 12 heteroatoms. The van der Waals surface area contributed by atoms with Crippen molar-refractivity contribution in [2.24, 2.45) is 0 Å². The molecule has 2 unspecified atom stereocenters. The molecule has 0 radical (unpaired) electrons. The van der Waals surface area contributed by atoms with Gasteiger partial charge in [-0.25, -0.2) is 8.42 Å². The predicted molar refractivity (Wildman–Crippen MR) is 127 cm³/mol. The molecule has 0 aromatic heterocycles. The summed E-state index contributed by atoms with van der Waals surface area (Å²) in [6.07, 6.45) is 1.02. The van der Waals surface area contributed by atoms with E-state index in [0.717, 1.165) is 16.6 Å². The van der Waals surface area contributed by atoms with E-state index in [2.05, 4.69) is 5.32 Å². The number of anilines is 1. The van der Waals surface area contributed by atoms with Crippen molar-refractivity contribution in [3.05, 3.63) is 52.1 Å². The van der Waals surface area contributed by atoms with E-state index in [1.807, 2.05) is 0 Å². The molecule has 0 saturated heterocycles. The van der Waals surface area contributed by atoms with Crippen LogP contribution in [-0.2, 0) is 14.8 Å². The lowest BCUT2D eigenvalue weighted by Crippen LogP contribution is -2.49. The summed E-state index contributed by atoms with van der Waals surface area (Å²) in [4.78, 5) is 24.0. The van der Waals surface area contributed by atoms with E-state index in [1.54, 1.807) is 32.0 Å². The lowest BCUT2D eigenvalue weighted by Gasteiger charge is -2.32. The van der Waals surface area contributed by atoms with E-state index < -0.39 is 32.9 Å². The zero-order chi connectivity index (χ0) is 25.6. The van der Waals surface area contributed by atoms with Crippen LogP contribution in [0.4, 0.5) is 11.4 Å². The highest BCUT2D eigenvalue weighted by Gasteiger charge is 2.35. The largest absolute Gasteiger partial charge is 0.497 e. The van der Waals surface area contributed by atoms with E-state index in [4.69, 9.17) is 14.2 Å². The van der Waals surface area contributed by atoms with Crippen molar-refractivity contribution in [2.45, 2.75) is 32.4 Å². The SMILES string of the molecule is CCC(C(=O)NC(C)c1cc(OC)ccc1OC)N(c1cc([N+](=O)[O-])ccc1OC)S(C)(=O)=O. The highest BCUT2D eigenvalue weighted by molar-refractivity contribution is 7.92. The van der Waals surface area contributed by atoms with Crippen LogP contribution in [0.5, 0.6) is 17.2 Å². The first-order valence-electron chi connectivity index (χ1n) is 10.3. The summed E-state index contributed by atoms with van der Waals surface area (Å²) in [7, 11) is 0.268. The number of hydrogen-bond acceptors (Lipinski definition) is 8. The number of sulfonamides is 1. The third kappa shape index (κ3) is 5.87. The maximum Gasteiger partial charge on any atom is 0.271 e. The number of rotatable bonds is 11. The molecule has 0 aliphatic heterocycles. The Kier molecular flexibility index (Phi) is 8.68. The number of non-ortho nitro benzene ring substituents is 1. The van der Waals surface area contributed by atoms with Crippen molar-refractivity contribution in [3.8, 4) is 17.2 Å². The van der Waals surface area contributed by atoms with Crippen LogP contribution in [0.3, 0.4) is 0 Å². The highest BCUT2D eigenvalue weighted by Crippen LogP contribution is 2.36. The van der Waals surface area contributed by atoms with Gasteiger partial charge in [-0.3, -0.25) is 19.2 Å². The molecule has 34 heavy (non-hydrogen) atoms. The van der Waals surface area contributed by atoms with Gasteiger partial charge in [0.05, 0.1) is 38.6 Å². The number of nitro groups is 1. The van der Waals surface area contributed by atoms with Gasteiger partial charge in [-0.1, -0.05) is 6.92 Å². The normalized spacial score (nSPS) is 12.9. The maximum absolute atomic E-state index is 13.3. The Morgan fingerprint density at radius 3 is 2.21 bits per heavy atom. The molecule has 0 bridgehead atoms. The summed E-state index contributed by atoms with van der Waals surface area (Å²) in [6, 6.07) is 6.91. The fraction of sp³-hybridized carbons (Fsp3) is 0.409. The van der Waals surface area contributed by atoms with Crippen molar-refractivity contribution in [2.75, 3.05) is 31.9 Å². The molecular formula is C22H29N3O8S. The Bertz CT molecular complexity index is 1150. The summed E-state index contributed by atoms with van der Waals surface area (Å²) in [6.45, 7) is 3.36. The molecule has 0 fully saturated rings. The van der Waals surface area contributed by atoms with Crippen LogP contribution in [0.2, 0.25) is 0 Å². The molecule has 1 amide bonds. The van der Waals surface area contributed by atoms with Crippen molar-refractivity contribution in [1.82, 2.24) is 5.32 Å². The Morgan fingerprint density at radius 2 is 1.71 bits per heavy atom. The molecule has 2 aromatic rings. The highest BCUT2D eigenvalue weighted by atomic mass is 32.2. The maximum atomic E-state index is 13.3. The van der Waals surface area contributed by atoms with Crippen LogP contribution in [0.25, 0.3) is 0 Å². The third-order valence-electron chi connectivity index (χ3n) is 5.20. The summed E-state index contributed by atoms with van der Waals surface area (Å²) < 4.78 is 42.3. The second-order valence-corrected chi connectivity index (χ2v) is 9.29. The molecule has 0 heterocycles. The Morgan fingerprint density at radius 1 is 1.09 bits per heavy atom. The fourth-order valence-corrected chi connectivity index (χ4v) is 4.77. The smallest absolute Gasteiger partial charge is 0.271 e. The zero-order valence-electron chi connectivity index (χ0n) is 19.9. The second kappa shape index (κ2) is 11.1. The summed E-state index contributed by atoms with van der Waals surface area (Å²) in [5.74, 6) is 0.550. The van der Waals surface area contributed by atoms with Gasteiger partial charge in [0.15, 0.2) is 0 Å². The zero-order valence-corrected chi connectivity index (χ0v) is 20.7. The minimum atomic E-state index is -4.05. The average molecular weight is 496 g/mol. The molecule has 2 aromatic carbocycles. The van der Waals surface area contributed by atoms with E-state index >= 15 is 0 Å². The molecule has 2 rings (SSSR count). The number of amides is 1. The summed E-state index contributed by atoms with van der Waals surface area (Å²) in [5, 5.41) is 14.1. The summed E-state index contributed by atoms with van der Waals surface area (Å²) >= 11 is 0. The number of carbonyl (C=O) groups excluding carboxylic acids is 1. The minimum Gasteiger partial charge on any atom is -0.497 e. The molecule has 0 spiro atoms. The molecule has 11 nitrogen and oxygen atoms in total. The predicted octanol–water partition coefficient (Wildman–Crippen LogP) is 3.04. The first-order valence-corrected chi connectivity index (χ1v) is 12.2. The topological polar surface area (TPSA) is 137 Å². The Hall–Kier alpha value is -3.54. The number of benzene rings is 2. The van der Waals surface area contributed by atoms with Gasteiger partial charge in [0.25, 0.3) is 5.69 Å². The summed E-state index contributed by atoms with van der Waals surface area (Å²) in [5.41, 5.74) is 0.186. The van der Waals surface area contributed by atoms with Crippen molar-refractivity contribution in [3.63, 3.8) is 0 Å². The molecule has 2 atom stereocenters. The van der Waals surface area contributed by atoms with E-state index in [-0.39, 0.29) is 23.5 Å². The van der Waals surface area contributed by atoms with Gasteiger partial charge in [0.1, 0.15) is 29.0 Å². The second-order valence-electron chi connectivity index (χ2n) is 7.43. The quantitative estimate of drug-likeness (QED) is 0.371. The fourth-order valence-electron chi connectivity index (χ4n) is 3.56. The molecule has 0 aliphatic rings. The number of nitro benzene ring substituents is 1. The van der Waals surface area contributed by atoms with E-state index in [0.29, 0.717) is 17.1 Å². The lowest BCUT2D eigenvalue weighted by molar-refractivity contribution is -0.384. The molecule has 1 N–H and O–H groups in total. The van der Waals surface area contributed by atoms with Crippen LogP contribution in [0.1, 0.15) is 31.9 Å². The Labute approximate surface area is 198 Å². The third-order valence-corrected chi connectivity index (χ3v) is 6.37. The van der Waals surface area contributed by atoms with Gasteiger partial charge >= 0.3 is 0 Å². The number of nitrogens with one attached hydrogen (secondary N) is 1. The van der Waals surface area contributed by atoms with Gasteiger partial charge in [0, 0.05) is 17.7 Å². The monoisotopic (exact) mass is 495 g/mol. The lowest BCUT2D eigenvalue weighted by atomic mass is 10.1. The number of carbonyl (C=O) groups is 1. The number of ether oxygens (including phenoxy) is 3. The molecule has 186 valence electrons. The molecule has 0 saturated carbocycles. The van der Waals surface area contributed by atoms with Crippen LogP contribution in [-0.4, -0.2) is 52.9 Å². The number of hydrogen-bond donors (Lipinski definition) is 1. The van der Waals surface area contributed by atoms with Crippen molar-refractivity contribution < 1.29 is 32.3 Å². The van der Waals surface area contributed by atoms with Gasteiger partial charge in [0.2, 0.25) is 15.9 Å². The standard InChI is InChI=1S/C22H29N3O8S/c1-7-18(22(26)23-14(2)17-13-16(31-3)9-11-20(17)32-4)24(34(6,29)30)19-12-15(25(27)28)8-10-21(19)33-5/h8-14,18H,7H2,1-6H3,(H,23,26). The van der Waals surface area contributed by atoms with E-state index in [1.165, 1.54) is 33.5 Å². The molecule has 0 aliphatic carbocycles. The van der Waals surface area contributed by atoms with Crippen molar-refractivity contribution >= 4 is 27.3 Å². The number of nitrogens with zero attached hydrogens (tertiary/aromatic N) is 2. The Balaban J connectivity index is 2.51. The van der Waals surface area contributed by atoms with Gasteiger partial charge in [-0.05, 0) is 37.6 Å². The van der Waals surface area contributed by atoms with Crippen molar-refractivity contribution in [1.29, 1.82) is 0 Å². The van der Waals surface area contributed by atoms with Crippen LogP contribution in [0, 0.1) is 10.1 Å². The molecular weight excluding hydrogens is 466 g/mol.